The third kappa shape index (κ3) is 5.87. The molecule has 0 aliphatic carbocycles. The highest BCUT2D eigenvalue weighted by atomic mass is 16.5. The minimum absolute atomic E-state index is 0.0183. The normalized spacial score (nSPS) is 16.9. The van der Waals surface area contributed by atoms with Crippen molar-refractivity contribution in [3.8, 4) is 5.75 Å². The maximum absolute atomic E-state index is 13.0. The Morgan fingerprint density at radius 2 is 1.71 bits per heavy atom. The molecule has 0 unspecified atom stereocenters. The van der Waals surface area contributed by atoms with Crippen LogP contribution < -0.4 is 4.74 Å². The van der Waals surface area contributed by atoms with Gasteiger partial charge in [0.25, 0.3) is 0 Å². The van der Waals surface area contributed by atoms with Crippen LogP contribution in [0.3, 0.4) is 0 Å². The Morgan fingerprint density at radius 3 is 2.38 bits per heavy atom. The SMILES string of the molecule is CC(C)c1ccc(C[C@@]2(C)Cc3cc(CC(=O)N(CCO)Cc4ccccc4)ccc3O2)cc1. The van der Waals surface area contributed by atoms with E-state index in [0.717, 1.165) is 35.3 Å². The molecular formula is C30H35NO3. The van der Waals surface area contributed by atoms with Crippen molar-refractivity contribution in [2.45, 2.75) is 58.1 Å². The summed E-state index contributed by atoms with van der Waals surface area (Å²) < 4.78 is 6.37. The first kappa shape index (κ1) is 24.0. The molecule has 0 spiro atoms. The topological polar surface area (TPSA) is 49.8 Å². The predicted octanol–water partition coefficient (Wildman–Crippen LogP) is 5.31. The van der Waals surface area contributed by atoms with E-state index in [-0.39, 0.29) is 18.1 Å². The van der Waals surface area contributed by atoms with Crippen molar-refractivity contribution in [2.24, 2.45) is 0 Å². The molecule has 1 aliphatic heterocycles. The molecule has 1 aliphatic rings. The van der Waals surface area contributed by atoms with E-state index in [2.05, 4.69) is 51.1 Å². The number of ether oxygens (including phenoxy) is 1. The van der Waals surface area contributed by atoms with Crippen LogP contribution in [0.1, 0.15) is 54.5 Å². The second-order valence-corrected chi connectivity index (χ2v) is 9.95. The minimum atomic E-state index is -0.291. The number of hydrogen-bond donors (Lipinski definition) is 1. The van der Waals surface area contributed by atoms with Gasteiger partial charge in [-0.15, -0.1) is 0 Å². The van der Waals surface area contributed by atoms with Crippen LogP contribution in [0.25, 0.3) is 0 Å². The highest BCUT2D eigenvalue weighted by Gasteiger charge is 2.35. The Labute approximate surface area is 203 Å². The third-order valence-electron chi connectivity index (χ3n) is 6.56. The molecule has 0 fully saturated rings. The molecule has 34 heavy (non-hydrogen) atoms. The summed E-state index contributed by atoms with van der Waals surface area (Å²) in [6, 6.07) is 24.8. The van der Waals surface area contributed by atoms with Crippen molar-refractivity contribution in [2.75, 3.05) is 13.2 Å². The van der Waals surface area contributed by atoms with Crippen molar-refractivity contribution in [1.29, 1.82) is 0 Å². The molecule has 0 saturated heterocycles. The Kier molecular flexibility index (Phi) is 7.38. The van der Waals surface area contributed by atoms with Crippen LogP contribution in [0.5, 0.6) is 5.75 Å². The number of aliphatic hydroxyl groups is 1. The first-order chi connectivity index (χ1) is 16.3. The number of rotatable bonds is 9. The van der Waals surface area contributed by atoms with Gasteiger partial charge in [-0.25, -0.2) is 0 Å². The van der Waals surface area contributed by atoms with E-state index >= 15 is 0 Å². The second kappa shape index (κ2) is 10.4. The van der Waals surface area contributed by atoms with Gasteiger partial charge >= 0.3 is 0 Å². The van der Waals surface area contributed by atoms with E-state index in [1.807, 2.05) is 42.5 Å². The molecule has 4 heteroatoms. The maximum atomic E-state index is 13.0. The number of fused-ring (bicyclic) bond motifs is 1. The molecule has 4 rings (SSSR count). The summed E-state index contributed by atoms with van der Waals surface area (Å²) in [5.41, 5.74) is 5.53. The van der Waals surface area contributed by atoms with Crippen molar-refractivity contribution in [3.63, 3.8) is 0 Å². The molecule has 1 amide bonds. The Hall–Kier alpha value is -3.11. The van der Waals surface area contributed by atoms with E-state index in [1.54, 1.807) is 4.90 Å². The van der Waals surface area contributed by atoms with Crippen molar-refractivity contribution < 1.29 is 14.6 Å². The van der Waals surface area contributed by atoms with Gasteiger partial charge in [0.15, 0.2) is 0 Å². The summed E-state index contributed by atoms with van der Waals surface area (Å²) in [6.45, 7) is 7.36. The number of hydrogen-bond acceptors (Lipinski definition) is 3. The van der Waals surface area contributed by atoms with Crippen LogP contribution in [-0.4, -0.2) is 34.7 Å². The molecule has 3 aromatic rings. The van der Waals surface area contributed by atoms with Gasteiger partial charge in [0.1, 0.15) is 11.4 Å². The number of aliphatic hydroxyl groups excluding tert-OH is 1. The van der Waals surface area contributed by atoms with E-state index in [4.69, 9.17) is 4.74 Å². The van der Waals surface area contributed by atoms with Gasteiger partial charge in [-0.3, -0.25) is 4.79 Å². The summed E-state index contributed by atoms with van der Waals surface area (Å²) in [5.74, 6) is 1.46. The summed E-state index contributed by atoms with van der Waals surface area (Å²) >= 11 is 0. The van der Waals surface area contributed by atoms with Crippen LogP contribution in [0.15, 0.2) is 72.8 Å². The van der Waals surface area contributed by atoms with Crippen LogP contribution in [0.4, 0.5) is 0 Å². The molecular weight excluding hydrogens is 422 g/mol. The number of carbonyl (C=O) groups is 1. The van der Waals surface area contributed by atoms with Crippen molar-refractivity contribution in [1.82, 2.24) is 4.90 Å². The van der Waals surface area contributed by atoms with Gasteiger partial charge in [0.05, 0.1) is 13.0 Å². The quantitative estimate of drug-likeness (QED) is 0.474. The van der Waals surface area contributed by atoms with Crippen LogP contribution in [0.2, 0.25) is 0 Å². The molecule has 1 heterocycles. The van der Waals surface area contributed by atoms with Gasteiger partial charge in [-0.1, -0.05) is 80.6 Å². The lowest BCUT2D eigenvalue weighted by atomic mass is 9.90. The summed E-state index contributed by atoms with van der Waals surface area (Å²) in [5, 5.41) is 9.47. The Balaban J connectivity index is 1.41. The predicted molar refractivity (Wildman–Crippen MR) is 136 cm³/mol. The zero-order chi connectivity index (χ0) is 24.1. The summed E-state index contributed by atoms with van der Waals surface area (Å²) in [7, 11) is 0. The van der Waals surface area contributed by atoms with E-state index in [0.29, 0.717) is 25.4 Å². The average Bonchev–Trinajstić information content (AvgIpc) is 3.14. The van der Waals surface area contributed by atoms with E-state index in [1.165, 1.54) is 11.1 Å². The van der Waals surface area contributed by atoms with Crippen molar-refractivity contribution >= 4 is 5.91 Å². The lowest BCUT2D eigenvalue weighted by Crippen LogP contribution is -2.34. The van der Waals surface area contributed by atoms with Gasteiger partial charge in [0.2, 0.25) is 5.91 Å². The van der Waals surface area contributed by atoms with Crippen molar-refractivity contribution in [3.05, 3.63) is 101 Å². The lowest BCUT2D eigenvalue weighted by molar-refractivity contribution is -0.131. The molecule has 4 nitrogen and oxygen atoms in total. The van der Waals surface area contributed by atoms with Crippen LogP contribution in [-0.2, 0) is 30.6 Å². The monoisotopic (exact) mass is 457 g/mol. The Morgan fingerprint density at radius 1 is 1.00 bits per heavy atom. The third-order valence-corrected chi connectivity index (χ3v) is 6.56. The van der Waals surface area contributed by atoms with Gasteiger partial charge < -0.3 is 14.7 Å². The van der Waals surface area contributed by atoms with Gasteiger partial charge in [0, 0.05) is 25.9 Å². The highest BCUT2D eigenvalue weighted by molar-refractivity contribution is 5.79. The van der Waals surface area contributed by atoms with Gasteiger partial charge in [-0.05, 0) is 46.7 Å². The number of nitrogens with zero attached hydrogens (tertiary/aromatic N) is 1. The fourth-order valence-electron chi connectivity index (χ4n) is 4.74. The fraction of sp³-hybridized carbons (Fsp3) is 0.367. The molecule has 1 N–H and O–H groups in total. The van der Waals surface area contributed by atoms with Crippen LogP contribution in [0, 0.1) is 0 Å². The smallest absolute Gasteiger partial charge is 0.227 e. The largest absolute Gasteiger partial charge is 0.487 e. The zero-order valence-electron chi connectivity index (χ0n) is 20.5. The average molecular weight is 458 g/mol. The number of benzene rings is 3. The van der Waals surface area contributed by atoms with Gasteiger partial charge in [-0.2, -0.15) is 0 Å². The van der Waals surface area contributed by atoms with Crippen LogP contribution >= 0.6 is 0 Å². The molecule has 0 radical (unpaired) electrons. The van der Waals surface area contributed by atoms with E-state index < -0.39 is 0 Å². The second-order valence-electron chi connectivity index (χ2n) is 9.95. The zero-order valence-corrected chi connectivity index (χ0v) is 20.5. The molecule has 0 saturated carbocycles. The first-order valence-electron chi connectivity index (χ1n) is 12.2. The number of amides is 1. The highest BCUT2D eigenvalue weighted by Crippen LogP contribution is 2.37. The fourth-order valence-corrected chi connectivity index (χ4v) is 4.74. The molecule has 3 aromatic carbocycles. The van der Waals surface area contributed by atoms with E-state index in [9.17, 15) is 9.90 Å². The minimum Gasteiger partial charge on any atom is -0.487 e. The molecule has 1 atom stereocenters. The first-order valence-corrected chi connectivity index (χ1v) is 12.2. The Bertz CT molecular complexity index is 1110. The molecule has 0 bridgehead atoms. The molecule has 0 aromatic heterocycles. The lowest BCUT2D eigenvalue weighted by Gasteiger charge is -2.24. The standard InChI is InChI=1S/C30H35NO3/c1-22(2)26-12-9-23(10-13-26)19-30(3)20-27-17-25(11-14-28(27)34-30)18-29(33)31(15-16-32)21-24-7-5-4-6-8-24/h4-14,17,22,32H,15-16,18-21H2,1-3H3/t30-/m0/s1. The number of carbonyl (C=O) groups excluding carboxylic acids is 1. The molecule has 178 valence electrons. The summed E-state index contributed by atoms with van der Waals surface area (Å²) in [6.07, 6.45) is 1.98. The summed E-state index contributed by atoms with van der Waals surface area (Å²) in [4.78, 5) is 14.8. The maximum Gasteiger partial charge on any atom is 0.227 e.